The van der Waals surface area contributed by atoms with Gasteiger partial charge in [-0.05, 0) is 25.1 Å². The molecule has 2 rings (SSSR count). The van der Waals surface area contributed by atoms with Crippen molar-refractivity contribution in [1.29, 1.82) is 0 Å². The standard InChI is InChI=1S/C13H19N5/c1-4-14-12(8-13-16-9-17-18(13)3)11-6-5-7-15-10(11)2/h5-7,9,12,14H,4,8H2,1-3H3. The molecule has 1 N–H and O–H groups in total. The summed E-state index contributed by atoms with van der Waals surface area (Å²) in [5.74, 6) is 0.976. The summed E-state index contributed by atoms with van der Waals surface area (Å²) < 4.78 is 1.82. The zero-order valence-electron chi connectivity index (χ0n) is 11.1. The molecule has 0 aliphatic carbocycles. The van der Waals surface area contributed by atoms with Gasteiger partial charge in [0.15, 0.2) is 0 Å². The lowest BCUT2D eigenvalue weighted by Gasteiger charge is -2.19. The number of hydrogen-bond donors (Lipinski definition) is 1. The number of likely N-dealkylation sites (N-methyl/N-ethyl adjacent to an activating group) is 1. The first-order valence-electron chi connectivity index (χ1n) is 6.20. The highest BCUT2D eigenvalue weighted by Gasteiger charge is 2.16. The van der Waals surface area contributed by atoms with Gasteiger partial charge in [-0.3, -0.25) is 9.67 Å². The molecule has 2 heterocycles. The molecule has 18 heavy (non-hydrogen) atoms. The normalized spacial score (nSPS) is 12.6. The van der Waals surface area contributed by atoms with Crippen LogP contribution in [0.2, 0.25) is 0 Å². The van der Waals surface area contributed by atoms with Crippen LogP contribution in [0.25, 0.3) is 0 Å². The van der Waals surface area contributed by atoms with Crippen molar-refractivity contribution in [3.63, 3.8) is 0 Å². The molecule has 1 atom stereocenters. The van der Waals surface area contributed by atoms with Crippen LogP contribution in [-0.2, 0) is 13.5 Å². The van der Waals surface area contributed by atoms with Gasteiger partial charge in [-0.25, -0.2) is 4.98 Å². The van der Waals surface area contributed by atoms with Gasteiger partial charge in [0.1, 0.15) is 12.2 Å². The summed E-state index contributed by atoms with van der Waals surface area (Å²) in [6.07, 6.45) is 4.23. The fourth-order valence-corrected chi connectivity index (χ4v) is 2.09. The van der Waals surface area contributed by atoms with Crippen LogP contribution in [-0.4, -0.2) is 26.3 Å². The molecule has 0 saturated carbocycles. The molecule has 0 aromatic carbocycles. The number of aryl methyl sites for hydroxylation is 2. The average Bonchev–Trinajstić information content (AvgIpc) is 2.75. The zero-order valence-corrected chi connectivity index (χ0v) is 11.1. The first-order chi connectivity index (χ1) is 8.72. The molecule has 2 aromatic rings. The summed E-state index contributed by atoms with van der Waals surface area (Å²) in [6, 6.07) is 4.32. The molecule has 0 aliphatic rings. The number of aromatic nitrogens is 4. The second-order valence-corrected chi connectivity index (χ2v) is 4.29. The van der Waals surface area contributed by atoms with Gasteiger partial charge in [-0.15, -0.1) is 0 Å². The largest absolute Gasteiger partial charge is 0.310 e. The van der Waals surface area contributed by atoms with E-state index in [0.29, 0.717) is 0 Å². The lowest BCUT2D eigenvalue weighted by atomic mass is 10.0. The number of hydrogen-bond acceptors (Lipinski definition) is 4. The Labute approximate surface area is 107 Å². The van der Waals surface area contributed by atoms with Crippen molar-refractivity contribution in [2.45, 2.75) is 26.3 Å². The average molecular weight is 245 g/mol. The first-order valence-corrected chi connectivity index (χ1v) is 6.20. The Kier molecular flexibility index (Phi) is 4.04. The Balaban J connectivity index is 2.24. The topological polar surface area (TPSA) is 55.6 Å². The molecule has 2 aromatic heterocycles. The smallest absolute Gasteiger partial charge is 0.138 e. The van der Waals surface area contributed by atoms with Gasteiger partial charge in [0, 0.05) is 31.4 Å². The van der Waals surface area contributed by atoms with Gasteiger partial charge >= 0.3 is 0 Å². The van der Waals surface area contributed by atoms with Crippen LogP contribution in [0.3, 0.4) is 0 Å². The molecule has 0 bridgehead atoms. The highest BCUT2D eigenvalue weighted by molar-refractivity contribution is 5.23. The molecule has 1 unspecified atom stereocenters. The van der Waals surface area contributed by atoms with Gasteiger partial charge < -0.3 is 5.32 Å². The summed E-state index contributed by atoms with van der Waals surface area (Å²) in [5.41, 5.74) is 2.29. The minimum Gasteiger partial charge on any atom is -0.310 e. The monoisotopic (exact) mass is 245 g/mol. The molecule has 0 amide bonds. The molecular weight excluding hydrogens is 226 g/mol. The lowest BCUT2D eigenvalue weighted by molar-refractivity contribution is 0.518. The van der Waals surface area contributed by atoms with E-state index >= 15 is 0 Å². The number of nitrogens with zero attached hydrogens (tertiary/aromatic N) is 4. The van der Waals surface area contributed by atoms with E-state index in [1.165, 1.54) is 5.56 Å². The second-order valence-electron chi connectivity index (χ2n) is 4.29. The maximum absolute atomic E-state index is 4.35. The number of nitrogens with one attached hydrogen (secondary N) is 1. The van der Waals surface area contributed by atoms with Gasteiger partial charge in [-0.2, -0.15) is 5.10 Å². The molecule has 0 saturated heterocycles. The Morgan fingerprint density at radius 3 is 2.83 bits per heavy atom. The Hall–Kier alpha value is -1.75. The third kappa shape index (κ3) is 2.73. The highest BCUT2D eigenvalue weighted by atomic mass is 15.3. The van der Waals surface area contributed by atoms with Crippen LogP contribution in [0.1, 0.15) is 30.0 Å². The maximum atomic E-state index is 4.35. The van der Waals surface area contributed by atoms with Crippen LogP contribution in [0.5, 0.6) is 0 Å². The van der Waals surface area contributed by atoms with Crippen molar-refractivity contribution in [2.24, 2.45) is 7.05 Å². The lowest BCUT2D eigenvalue weighted by Crippen LogP contribution is -2.25. The molecule has 0 radical (unpaired) electrons. The van der Waals surface area contributed by atoms with E-state index in [0.717, 1.165) is 24.5 Å². The molecule has 0 fully saturated rings. The zero-order chi connectivity index (χ0) is 13.0. The van der Waals surface area contributed by atoms with Gasteiger partial charge in [0.25, 0.3) is 0 Å². The van der Waals surface area contributed by atoms with E-state index in [1.807, 2.05) is 30.9 Å². The molecule has 0 spiro atoms. The van der Waals surface area contributed by atoms with E-state index in [9.17, 15) is 0 Å². The van der Waals surface area contributed by atoms with Crippen LogP contribution >= 0.6 is 0 Å². The quantitative estimate of drug-likeness (QED) is 0.865. The first kappa shape index (κ1) is 12.7. The van der Waals surface area contributed by atoms with Crippen molar-refractivity contribution in [3.05, 3.63) is 41.7 Å². The third-order valence-electron chi connectivity index (χ3n) is 3.07. The summed E-state index contributed by atoms with van der Waals surface area (Å²) in [7, 11) is 1.92. The van der Waals surface area contributed by atoms with Crippen LogP contribution in [0.15, 0.2) is 24.7 Å². The summed E-state index contributed by atoms with van der Waals surface area (Å²) >= 11 is 0. The van der Waals surface area contributed by atoms with Gasteiger partial charge in [0.2, 0.25) is 0 Å². The predicted octanol–water partition coefficient (Wildman–Crippen LogP) is 1.41. The van der Waals surface area contributed by atoms with Crippen LogP contribution in [0.4, 0.5) is 0 Å². The summed E-state index contributed by atoms with van der Waals surface area (Å²) in [5, 5.41) is 7.59. The van der Waals surface area contributed by atoms with E-state index in [1.54, 1.807) is 6.33 Å². The van der Waals surface area contributed by atoms with E-state index in [4.69, 9.17) is 0 Å². The second kappa shape index (κ2) is 5.73. The molecule has 0 aliphatic heterocycles. The molecule has 96 valence electrons. The Bertz CT molecular complexity index is 506. The minimum atomic E-state index is 0.228. The fourth-order valence-electron chi connectivity index (χ4n) is 2.09. The van der Waals surface area contributed by atoms with Gasteiger partial charge in [0.05, 0.1) is 0 Å². The minimum absolute atomic E-state index is 0.228. The van der Waals surface area contributed by atoms with E-state index in [-0.39, 0.29) is 6.04 Å². The molecule has 5 heteroatoms. The Morgan fingerprint density at radius 1 is 1.39 bits per heavy atom. The summed E-state index contributed by atoms with van der Waals surface area (Å²) in [6.45, 7) is 5.06. The van der Waals surface area contributed by atoms with Crippen molar-refractivity contribution >= 4 is 0 Å². The van der Waals surface area contributed by atoms with Crippen molar-refractivity contribution in [2.75, 3.05) is 6.54 Å². The van der Waals surface area contributed by atoms with Crippen molar-refractivity contribution in [3.8, 4) is 0 Å². The van der Waals surface area contributed by atoms with E-state index in [2.05, 4.69) is 33.4 Å². The van der Waals surface area contributed by atoms with Gasteiger partial charge in [-0.1, -0.05) is 13.0 Å². The highest BCUT2D eigenvalue weighted by Crippen LogP contribution is 2.19. The fraction of sp³-hybridized carbons (Fsp3) is 0.462. The van der Waals surface area contributed by atoms with Crippen molar-refractivity contribution in [1.82, 2.24) is 25.1 Å². The van der Waals surface area contributed by atoms with Crippen LogP contribution in [0, 0.1) is 6.92 Å². The van der Waals surface area contributed by atoms with Crippen LogP contribution < -0.4 is 5.32 Å². The number of rotatable bonds is 5. The van der Waals surface area contributed by atoms with Crippen molar-refractivity contribution < 1.29 is 0 Å². The molecular formula is C13H19N5. The molecule has 5 nitrogen and oxygen atoms in total. The maximum Gasteiger partial charge on any atom is 0.138 e. The number of pyridine rings is 1. The predicted molar refractivity (Wildman–Crippen MR) is 70.1 cm³/mol. The SMILES string of the molecule is CCNC(Cc1ncnn1C)c1cccnc1C. The third-order valence-corrected chi connectivity index (χ3v) is 3.07. The Morgan fingerprint density at radius 2 is 2.22 bits per heavy atom. The van der Waals surface area contributed by atoms with E-state index < -0.39 is 0 Å². The summed E-state index contributed by atoms with van der Waals surface area (Å²) in [4.78, 5) is 8.64.